The van der Waals surface area contributed by atoms with Crippen LogP contribution in [-0.2, 0) is 23.7 Å². The Morgan fingerprint density at radius 3 is 1.20 bits per heavy atom. The van der Waals surface area contributed by atoms with Gasteiger partial charge >= 0.3 is 0 Å². The third-order valence-electron chi connectivity index (χ3n) is 4.41. The summed E-state index contributed by atoms with van der Waals surface area (Å²) < 4.78 is 38.1. The molecule has 0 atom stereocenters. The quantitative estimate of drug-likeness (QED) is 0.119. The van der Waals surface area contributed by atoms with Crippen molar-refractivity contribution in [3.8, 4) is 11.5 Å². The van der Waals surface area contributed by atoms with Crippen molar-refractivity contribution < 1.29 is 38.1 Å². The van der Waals surface area contributed by atoms with Crippen molar-refractivity contribution in [3.05, 3.63) is 58.6 Å². The molecule has 0 saturated carbocycles. The predicted molar refractivity (Wildman–Crippen MR) is 129 cm³/mol. The number of rotatable bonds is 21. The standard InChI is InChI=1S/C24H34N2O9/c25-21-1-5-23(6-2-21)34-19-17-32-15-13-30-11-9-29-10-12-31-14-16-33-18-20-35-24-7-3-22(4-8-24)26(27)28/h1-8H,9-20,25H2. The fourth-order valence-electron chi connectivity index (χ4n) is 2.65. The first-order chi connectivity index (χ1) is 17.1. The summed E-state index contributed by atoms with van der Waals surface area (Å²) in [7, 11) is 0. The predicted octanol–water partition coefficient (Wildman–Crippen LogP) is 2.72. The van der Waals surface area contributed by atoms with E-state index in [1.165, 1.54) is 12.1 Å². The molecule has 11 heteroatoms. The summed E-state index contributed by atoms with van der Waals surface area (Å²) in [6.07, 6.45) is 0. The van der Waals surface area contributed by atoms with Crippen LogP contribution in [0.3, 0.4) is 0 Å². The Balaban J connectivity index is 1.25. The van der Waals surface area contributed by atoms with E-state index in [1.807, 2.05) is 12.1 Å². The molecule has 2 rings (SSSR count). The summed E-state index contributed by atoms with van der Waals surface area (Å²) in [4.78, 5) is 10.1. The third-order valence-corrected chi connectivity index (χ3v) is 4.41. The normalized spacial score (nSPS) is 10.9. The Hall–Kier alpha value is -2.96. The lowest BCUT2D eigenvalue weighted by Crippen LogP contribution is -2.15. The van der Waals surface area contributed by atoms with Gasteiger partial charge in [-0.25, -0.2) is 0 Å². The van der Waals surface area contributed by atoms with Crippen molar-refractivity contribution in [2.24, 2.45) is 0 Å². The summed E-state index contributed by atoms with van der Waals surface area (Å²) in [5.41, 5.74) is 6.35. The molecule has 0 heterocycles. The molecule has 2 aromatic carbocycles. The van der Waals surface area contributed by atoms with Crippen LogP contribution in [0.15, 0.2) is 48.5 Å². The average molecular weight is 495 g/mol. The summed E-state index contributed by atoms with van der Waals surface area (Å²) in [6.45, 7) is 5.51. The SMILES string of the molecule is Nc1ccc(OCCOCCOCCOCCOCCOCCOc2ccc([N+](=O)[O-])cc2)cc1. The Kier molecular flexibility index (Phi) is 14.8. The van der Waals surface area contributed by atoms with Crippen molar-refractivity contribution >= 4 is 11.4 Å². The molecule has 2 N–H and O–H groups in total. The Morgan fingerprint density at radius 2 is 0.857 bits per heavy atom. The van der Waals surface area contributed by atoms with Crippen LogP contribution in [0.25, 0.3) is 0 Å². The number of benzene rings is 2. The molecule has 0 aliphatic carbocycles. The highest BCUT2D eigenvalue weighted by Gasteiger charge is 2.04. The summed E-state index contributed by atoms with van der Waals surface area (Å²) in [6, 6.07) is 13.1. The van der Waals surface area contributed by atoms with E-state index < -0.39 is 4.92 Å². The van der Waals surface area contributed by atoms with Crippen LogP contribution in [0.4, 0.5) is 11.4 Å². The second-order valence-corrected chi connectivity index (χ2v) is 7.08. The van der Waals surface area contributed by atoms with Gasteiger partial charge in [0.15, 0.2) is 0 Å². The number of hydrogen-bond acceptors (Lipinski definition) is 10. The maximum atomic E-state index is 10.6. The zero-order valence-corrected chi connectivity index (χ0v) is 19.8. The van der Waals surface area contributed by atoms with Crippen molar-refractivity contribution in [1.82, 2.24) is 0 Å². The molecular formula is C24H34N2O9. The molecule has 194 valence electrons. The van der Waals surface area contributed by atoms with Crippen LogP contribution in [-0.4, -0.2) is 84.2 Å². The van der Waals surface area contributed by atoms with Crippen LogP contribution in [0.1, 0.15) is 0 Å². The highest BCUT2D eigenvalue weighted by atomic mass is 16.6. The van der Waals surface area contributed by atoms with Gasteiger partial charge in [0.1, 0.15) is 24.7 Å². The van der Waals surface area contributed by atoms with Crippen molar-refractivity contribution in [3.63, 3.8) is 0 Å². The lowest BCUT2D eigenvalue weighted by Gasteiger charge is -2.09. The van der Waals surface area contributed by atoms with Gasteiger partial charge in [0, 0.05) is 17.8 Å². The molecule has 0 aliphatic rings. The Bertz CT molecular complexity index is 804. The number of nitro benzene ring substituents is 1. The van der Waals surface area contributed by atoms with Crippen LogP contribution in [0, 0.1) is 10.1 Å². The van der Waals surface area contributed by atoms with Gasteiger partial charge in [-0.05, 0) is 36.4 Å². The van der Waals surface area contributed by atoms with E-state index in [1.54, 1.807) is 24.3 Å². The Morgan fingerprint density at radius 1 is 0.543 bits per heavy atom. The topological polar surface area (TPSA) is 134 Å². The van der Waals surface area contributed by atoms with Gasteiger partial charge in [-0.3, -0.25) is 10.1 Å². The molecule has 11 nitrogen and oxygen atoms in total. The fourth-order valence-corrected chi connectivity index (χ4v) is 2.65. The molecule has 0 fully saturated rings. The molecule has 0 saturated heterocycles. The monoisotopic (exact) mass is 494 g/mol. The van der Waals surface area contributed by atoms with E-state index in [2.05, 4.69) is 0 Å². The van der Waals surface area contributed by atoms with Gasteiger partial charge in [0.25, 0.3) is 5.69 Å². The first kappa shape index (κ1) is 28.3. The van der Waals surface area contributed by atoms with Crippen molar-refractivity contribution in [1.29, 1.82) is 0 Å². The molecule has 0 aromatic heterocycles. The molecule has 0 aliphatic heterocycles. The summed E-state index contributed by atoms with van der Waals surface area (Å²) in [5.74, 6) is 1.32. The molecule has 0 amide bonds. The molecular weight excluding hydrogens is 460 g/mol. The number of nitrogen functional groups attached to an aromatic ring is 1. The van der Waals surface area contributed by atoms with E-state index in [0.717, 1.165) is 5.75 Å². The maximum absolute atomic E-state index is 10.6. The van der Waals surface area contributed by atoms with E-state index in [9.17, 15) is 10.1 Å². The van der Waals surface area contributed by atoms with E-state index >= 15 is 0 Å². The first-order valence-electron chi connectivity index (χ1n) is 11.4. The summed E-state index contributed by atoms with van der Waals surface area (Å²) >= 11 is 0. The van der Waals surface area contributed by atoms with Gasteiger partial charge in [0.05, 0.1) is 71.0 Å². The largest absolute Gasteiger partial charge is 0.491 e. The van der Waals surface area contributed by atoms with Crippen LogP contribution < -0.4 is 15.2 Å². The maximum Gasteiger partial charge on any atom is 0.269 e. The van der Waals surface area contributed by atoms with E-state index in [4.69, 9.17) is 38.9 Å². The van der Waals surface area contributed by atoms with Gasteiger partial charge in [-0.1, -0.05) is 0 Å². The van der Waals surface area contributed by atoms with Crippen LogP contribution >= 0.6 is 0 Å². The number of non-ortho nitro benzene ring substituents is 1. The van der Waals surface area contributed by atoms with Gasteiger partial charge in [-0.2, -0.15) is 0 Å². The number of nitrogens with zero attached hydrogens (tertiary/aromatic N) is 1. The fraction of sp³-hybridized carbons (Fsp3) is 0.500. The molecule has 0 spiro atoms. The molecule has 0 unspecified atom stereocenters. The average Bonchev–Trinajstić information content (AvgIpc) is 2.86. The number of ether oxygens (including phenoxy) is 7. The third kappa shape index (κ3) is 14.1. The summed E-state index contributed by atoms with van der Waals surface area (Å²) in [5, 5.41) is 10.6. The van der Waals surface area contributed by atoms with E-state index in [-0.39, 0.29) is 5.69 Å². The highest BCUT2D eigenvalue weighted by Crippen LogP contribution is 2.17. The number of hydrogen-bond donors (Lipinski definition) is 1. The lowest BCUT2D eigenvalue weighted by molar-refractivity contribution is -0.384. The van der Waals surface area contributed by atoms with Crippen molar-refractivity contribution in [2.45, 2.75) is 0 Å². The number of anilines is 1. The van der Waals surface area contributed by atoms with Gasteiger partial charge in [-0.15, -0.1) is 0 Å². The minimum atomic E-state index is -0.452. The molecule has 2 aromatic rings. The zero-order valence-electron chi connectivity index (χ0n) is 19.8. The lowest BCUT2D eigenvalue weighted by atomic mass is 10.3. The first-order valence-corrected chi connectivity index (χ1v) is 11.4. The molecule has 35 heavy (non-hydrogen) atoms. The van der Waals surface area contributed by atoms with E-state index in [0.29, 0.717) is 90.7 Å². The van der Waals surface area contributed by atoms with Crippen molar-refractivity contribution in [2.75, 3.05) is 85.0 Å². The number of nitro groups is 1. The zero-order chi connectivity index (χ0) is 25.0. The van der Waals surface area contributed by atoms with Gasteiger partial charge < -0.3 is 38.9 Å². The highest BCUT2D eigenvalue weighted by molar-refractivity contribution is 5.41. The number of nitrogens with two attached hydrogens (primary N) is 1. The van der Waals surface area contributed by atoms with Crippen LogP contribution in [0.5, 0.6) is 11.5 Å². The van der Waals surface area contributed by atoms with Crippen LogP contribution in [0.2, 0.25) is 0 Å². The second-order valence-electron chi connectivity index (χ2n) is 7.08. The molecule has 0 radical (unpaired) electrons. The molecule has 0 bridgehead atoms. The minimum absolute atomic E-state index is 0.0285. The Labute approximate surface area is 205 Å². The minimum Gasteiger partial charge on any atom is -0.491 e. The smallest absolute Gasteiger partial charge is 0.269 e. The van der Waals surface area contributed by atoms with Gasteiger partial charge in [0.2, 0.25) is 0 Å². The second kappa shape index (κ2) is 18.4.